The third-order valence-electron chi connectivity index (χ3n) is 4.56. The molecule has 0 fully saturated rings. The lowest BCUT2D eigenvalue weighted by Gasteiger charge is -2.11. The van der Waals surface area contributed by atoms with Gasteiger partial charge in [0, 0.05) is 25.3 Å². The van der Waals surface area contributed by atoms with Gasteiger partial charge in [-0.05, 0) is 43.7 Å². The molecule has 0 saturated heterocycles. The van der Waals surface area contributed by atoms with Gasteiger partial charge in [0.05, 0.1) is 0 Å². The SMILES string of the molecule is CCn1c(C)nnc1SCCNC(=O)C[C@H]1CCc2ccccc21. The van der Waals surface area contributed by atoms with Crippen LogP contribution in [0.5, 0.6) is 0 Å². The second-order valence-electron chi connectivity index (χ2n) is 6.11. The molecule has 6 heteroatoms. The molecule has 2 aromatic rings. The lowest BCUT2D eigenvalue weighted by atomic mass is 9.97. The van der Waals surface area contributed by atoms with Crippen LogP contribution in [0, 0.1) is 6.92 Å². The number of hydrogen-bond acceptors (Lipinski definition) is 4. The van der Waals surface area contributed by atoms with Crippen molar-refractivity contribution in [1.29, 1.82) is 0 Å². The maximum Gasteiger partial charge on any atom is 0.220 e. The molecule has 3 rings (SSSR count). The first kappa shape index (κ1) is 17.0. The zero-order valence-corrected chi connectivity index (χ0v) is 15.1. The van der Waals surface area contributed by atoms with E-state index in [0.29, 0.717) is 18.9 Å². The fourth-order valence-electron chi connectivity index (χ4n) is 3.32. The van der Waals surface area contributed by atoms with Gasteiger partial charge in [0.15, 0.2) is 5.16 Å². The molecule has 1 aliphatic rings. The molecular weight excluding hydrogens is 320 g/mol. The lowest BCUT2D eigenvalue weighted by molar-refractivity contribution is -0.121. The average Bonchev–Trinajstić information content (AvgIpc) is 3.15. The minimum atomic E-state index is 0.144. The number of fused-ring (bicyclic) bond motifs is 1. The van der Waals surface area contributed by atoms with Gasteiger partial charge in [-0.15, -0.1) is 10.2 Å². The van der Waals surface area contributed by atoms with Crippen LogP contribution < -0.4 is 5.32 Å². The number of nitrogens with one attached hydrogen (secondary N) is 1. The Bertz CT molecular complexity index is 713. The van der Waals surface area contributed by atoms with Gasteiger partial charge in [0.2, 0.25) is 5.91 Å². The summed E-state index contributed by atoms with van der Waals surface area (Å²) in [7, 11) is 0. The van der Waals surface area contributed by atoms with E-state index >= 15 is 0 Å². The van der Waals surface area contributed by atoms with Gasteiger partial charge in [-0.3, -0.25) is 4.79 Å². The topological polar surface area (TPSA) is 59.8 Å². The molecule has 1 aromatic heterocycles. The van der Waals surface area contributed by atoms with Crippen molar-refractivity contribution < 1.29 is 4.79 Å². The van der Waals surface area contributed by atoms with E-state index in [2.05, 4.69) is 51.3 Å². The zero-order chi connectivity index (χ0) is 16.9. The van der Waals surface area contributed by atoms with Gasteiger partial charge < -0.3 is 9.88 Å². The summed E-state index contributed by atoms with van der Waals surface area (Å²) < 4.78 is 2.09. The van der Waals surface area contributed by atoms with Crippen LogP contribution in [0.15, 0.2) is 29.4 Å². The van der Waals surface area contributed by atoms with Gasteiger partial charge in [0.25, 0.3) is 0 Å². The smallest absolute Gasteiger partial charge is 0.220 e. The van der Waals surface area contributed by atoms with Crippen molar-refractivity contribution in [3.05, 3.63) is 41.2 Å². The van der Waals surface area contributed by atoms with Crippen LogP contribution in [-0.2, 0) is 17.8 Å². The first-order valence-electron chi connectivity index (χ1n) is 8.56. The number of aromatic nitrogens is 3. The largest absolute Gasteiger partial charge is 0.355 e. The summed E-state index contributed by atoms with van der Waals surface area (Å²) in [6, 6.07) is 8.48. The summed E-state index contributed by atoms with van der Waals surface area (Å²) in [5, 5.41) is 12.2. The van der Waals surface area contributed by atoms with E-state index in [1.807, 2.05) is 6.92 Å². The quantitative estimate of drug-likeness (QED) is 0.620. The van der Waals surface area contributed by atoms with Gasteiger partial charge in [-0.25, -0.2) is 0 Å². The molecular formula is C18H24N4OS. The Morgan fingerprint density at radius 1 is 1.38 bits per heavy atom. The summed E-state index contributed by atoms with van der Waals surface area (Å²) in [6.07, 6.45) is 2.77. The van der Waals surface area contributed by atoms with E-state index in [-0.39, 0.29) is 5.91 Å². The Hall–Kier alpha value is -1.82. The van der Waals surface area contributed by atoms with Crippen LogP contribution in [0.2, 0.25) is 0 Å². The maximum atomic E-state index is 12.2. The van der Waals surface area contributed by atoms with E-state index in [4.69, 9.17) is 0 Å². The summed E-state index contributed by atoms with van der Waals surface area (Å²) >= 11 is 1.64. The van der Waals surface area contributed by atoms with Crippen LogP contribution in [0.25, 0.3) is 0 Å². The van der Waals surface area contributed by atoms with E-state index in [9.17, 15) is 4.79 Å². The lowest BCUT2D eigenvalue weighted by Crippen LogP contribution is -2.27. The Morgan fingerprint density at radius 3 is 3.04 bits per heavy atom. The van der Waals surface area contributed by atoms with Crippen LogP contribution >= 0.6 is 11.8 Å². The summed E-state index contributed by atoms with van der Waals surface area (Å²) in [5.41, 5.74) is 2.76. The molecule has 0 bridgehead atoms. The monoisotopic (exact) mass is 344 g/mol. The van der Waals surface area contributed by atoms with Crippen molar-refractivity contribution in [2.75, 3.05) is 12.3 Å². The molecule has 24 heavy (non-hydrogen) atoms. The number of nitrogens with zero attached hydrogens (tertiary/aromatic N) is 3. The molecule has 1 heterocycles. The molecule has 0 aliphatic heterocycles. The van der Waals surface area contributed by atoms with Crippen LogP contribution in [0.1, 0.15) is 42.6 Å². The summed E-state index contributed by atoms with van der Waals surface area (Å²) in [6.45, 7) is 5.57. The van der Waals surface area contributed by atoms with Crippen molar-refractivity contribution in [1.82, 2.24) is 20.1 Å². The van der Waals surface area contributed by atoms with Crippen molar-refractivity contribution in [3.8, 4) is 0 Å². The summed E-state index contributed by atoms with van der Waals surface area (Å²) in [5.74, 6) is 2.26. The fourth-order valence-corrected chi connectivity index (χ4v) is 4.22. The number of benzene rings is 1. The number of aryl methyl sites for hydroxylation is 2. The molecule has 128 valence electrons. The van der Waals surface area contributed by atoms with E-state index in [1.165, 1.54) is 11.1 Å². The molecule has 0 saturated carbocycles. The molecule has 0 spiro atoms. The van der Waals surface area contributed by atoms with Gasteiger partial charge in [0.1, 0.15) is 5.82 Å². The Balaban J connectivity index is 1.42. The summed E-state index contributed by atoms with van der Waals surface area (Å²) in [4.78, 5) is 12.2. The predicted molar refractivity (Wildman–Crippen MR) is 96.3 cm³/mol. The molecule has 0 unspecified atom stereocenters. The molecule has 0 radical (unpaired) electrons. The highest BCUT2D eigenvalue weighted by Crippen LogP contribution is 2.35. The minimum Gasteiger partial charge on any atom is -0.355 e. The number of thioether (sulfide) groups is 1. The standard InChI is InChI=1S/C18H24N4OS/c1-3-22-13(2)20-21-18(22)24-11-10-19-17(23)12-15-9-8-14-6-4-5-7-16(14)15/h4-7,15H,3,8-12H2,1-2H3,(H,19,23)/t15-/m1/s1. The number of amides is 1. The molecule has 1 aliphatic carbocycles. The highest BCUT2D eigenvalue weighted by atomic mass is 32.2. The molecule has 1 aromatic carbocycles. The van der Waals surface area contributed by atoms with Crippen molar-refractivity contribution in [3.63, 3.8) is 0 Å². The van der Waals surface area contributed by atoms with Crippen LogP contribution in [0.4, 0.5) is 0 Å². The van der Waals surface area contributed by atoms with E-state index in [1.54, 1.807) is 11.8 Å². The van der Waals surface area contributed by atoms with E-state index < -0.39 is 0 Å². The number of rotatable bonds is 7. The van der Waals surface area contributed by atoms with Crippen molar-refractivity contribution in [2.45, 2.75) is 50.7 Å². The second-order valence-corrected chi connectivity index (χ2v) is 7.17. The second kappa shape index (κ2) is 7.83. The normalized spacial score (nSPS) is 16.2. The first-order chi connectivity index (χ1) is 11.7. The van der Waals surface area contributed by atoms with Gasteiger partial charge in [-0.2, -0.15) is 0 Å². The number of carbonyl (C=O) groups is 1. The van der Waals surface area contributed by atoms with Crippen molar-refractivity contribution >= 4 is 17.7 Å². The van der Waals surface area contributed by atoms with Gasteiger partial charge >= 0.3 is 0 Å². The highest BCUT2D eigenvalue weighted by molar-refractivity contribution is 7.99. The van der Waals surface area contributed by atoms with Gasteiger partial charge in [-0.1, -0.05) is 36.0 Å². The molecule has 1 amide bonds. The third kappa shape index (κ3) is 3.80. The predicted octanol–water partition coefficient (Wildman–Crippen LogP) is 2.93. The molecule has 1 N–H and O–H groups in total. The molecule has 1 atom stereocenters. The Morgan fingerprint density at radius 2 is 2.21 bits per heavy atom. The van der Waals surface area contributed by atoms with E-state index in [0.717, 1.165) is 36.1 Å². The average molecular weight is 344 g/mol. The number of carbonyl (C=O) groups excluding carboxylic acids is 1. The Kier molecular flexibility index (Phi) is 5.56. The first-order valence-corrected chi connectivity index (χ1v) is 9.54. The number of hydrogen-bond donors (Lipinski definition) is 1. The van der Waals surface area contributed by atoms with Crippen LogP contribution in [0.3, 0.4) is 0 Å². The third-order valence-corrected chi connectivity index (χ3v) is 5.53. The fraction of sp³-hybridized carbons (Fsp3) is 0.500. The van der Waals surface area contributed by atoms with Crippen LogP contribution in [-0.4, -0.2) is 33.0 Å². The zero-order valence-electron chi connectivity index (χ0n) is 14.3. The highest BCUT2D eigenvalue weighted by Gasteiger charge is 2.23. The minimum absolute atomic E-state index is 0.144. The Labute approximate surface area is 147 Å². The maximum absolute atomic E-state index is 12.2. The molecule has 5 nitrogen and oxygen atoms in total. The van der Waals surface area contributed by atoms with Crippen molar-refractivity contribution in [2.24, 2.45) is 0 Å².